The van der Waals surface area contributed by atoms with Crippen LogP contribution in [0, 0.1) is 23.7 Å². The second-order valence-electron chi connectivity index (χ2n) is 15.5. The zero-order chi connectivity index (χ0) is 43.3. The van der Waals surface area contributed by atoms with E-state index in [0.717, 1.165) is 0 Å². The molecule has 16 nitrogen and oxygen atoms in total. The van der Waals surface area contributed by atoms with Crippen LogP contribution in [0.25, 0.3) is 0 Å². The van der Waals surface area contributed by atoms with Crippen LogP contribution in [-0.4, -0.2) is 126 Å². The number of rotatable bonds is 6. The predicted octanol–water partition coefficient (Wildman–Crippen LogP) is 1.50. The molecule has 17 heteroatoms. The van der Waals surface area contributed by atoms with E-state index in [1.165, 1.54) is 31.4 Å². The molecule has 2 fully saturated rings. The van der Waals surface area contributed by atoms with Crippen molar-refractivity contribution in [3.8, 4) is 35.2 Å². The average molecular weight is 846 g/mol. The van der Waals surface area contributed by atoms with Gasteiger partial charge in [0.1, 0.15) is 36.7 Å². The number of esters is 2. The number of halogens is 1. The summed E-state index contributed by atoms with van der Waals surface area (Å²) in [5.74, 6) is 9.05. The topological polar surface area (TPSA) is 218 Å². The number of fused-ring (bicyclic) bond motifs is 9. The lowest BCUT2D eigenvalue weighted by atomic mass is 9.85. The number of hydrogen-bond donors (Lipinski definition) is 5. The number of aliphatic hydroxyl groups excluding tert-OH is 2. The molecule has 316 valence electrons. The minimum absolute atomic E-state index is 0.0423. The number of morpholine rings is 1. The molecule has 1 aromatic rings. The summed E-state index contributed by atoms with van der Waals surface area (Å²) >= 11 is 6.70. The molecular formula is C43H44ClN3O13. The number of ether oxygens (including phenoxy) is 7. The highest BCUT2D eigenvalue weighted by atomic mass is 35.5. The van der Waals surface area contributed by atoms with Crippen LogP contribution in [0.3, 0.4) is 0 Å². The van der Waals surface area contributed by atoms with Gasteiger partial charge >= 0.3 is 11.9 Å². The molecule has 60 heavy (non-hydrogen) atoms. The van der Waals surface area contributed by atoms with Gasteiger partial charge in [-0.2, -0.15) is 0 Å². The van der Waals surface area contributed by atoms with E-state index in [-0.39, 0.29) is 51.0 Å². The molecule has 10 atom stereocenters. The van der Waals surface area contributed by atoms with E-state index >= 15 is 0 Å². The van der Waals surface area contributed by atoms with Crippen molar-refractivity contribution in [2.45, 2.75) is 86.4 Å². The Bertz CT molecular complexity index is 2270. The van der Waals surface area contributed by atoms with E-state index in [2.05, 4.69) is 35.6 Å². The fourth-order valence-corrected chi connectivity index (χ4v) is 8.18. The van der Waals surface area contributed by atoms with Crippen molar-refractivity contribution in [1.82, 2.24) is 10.2 Å². The number of nitrogens with zero attached hydrogens (tertiary/aromatic N) is 1. The SMILES string of the molecule is C=C1OC2C=C(OC)C=C(C(=O)O[C@@H]3COC(=O)C[C@@H](N)c4cc(O)c(c(Cl)c4)O[C@@H]4C#C/C=C/3C#CC3=CC=C[C@@]34OC3OC(C)(C)C(N(C)C)C(O)C3O)C2NC1=O. The fourth-order valence-electron chi connectivity index (χ4n) is 7.92. The lowest BCUT2D eigenvalue weighted by Gasteiger charge is -2.51. The third-order valence-electron chi connectivity index (χ3n) is 10.8. The summed E-state index contributed by atoms with van der Waals surface area (Å²) < 4.78 is 42.2. The number of carbonyl (C=O) groups is 3. The molecule has 0 radical (unpaired) electrons. The summed E-state index contributed by atoms with van der Waals surface area (Å²) in [5, 5.41) is 36.7. The van der Waals surface area contributed by atoms with Crippen LogP contribution in [0.1, 0.15) is 31.9 Å². The van der Waals surface area contributed by atoms with Crippen molar-refractivity contribution < 1.29 is 62.9 Å². The van der Waals surface area contributed by atoms with Crippen molar-refractivity contribution in [2.75, 3.05) is 27.8 Å². The molecule has 4 heterocycles. The Hall–Kier alpha value is -5.56. The molecule has 6 unspecified atom stereocenters. The number of allylic oxidation sites excluding steroid dienone is 4. The number of nitrogens with one attached hydrogen (secondary N) is 1. The van der Waals surface area contributed by atoms with Crippen molar-refractivity contribution in [2.24, 2.45) is 5.73 Å². The number of aromatic hydroxyl groups is 1. The van der Waals surface area contributed by atoms with E-state index in [4.69, 9.17) is 50.5 Å². The highest BCUT2D eigenvalue weighted by molar-refractivity contribution is 6.32. The second-order valence-corrected chi connectivity index (χ2v) is 15.9. The van der Waals surface area contributed by atoms with Gasteiger partial charge in [-0.25, -0.2) is 4.79 Å². The Kier molecular flexibility index (Phi) is 11.7. The number of likely N-dealkylation sites (N-methyl/N-ethyl adjacent to an activating group) is 1. The molecule has 1 amide bonds. The third kappa shape index (κ3) is 8.03. The largest absolute Gasteiger partial charge is 0.504 e. The van der Waals surface area contributed by atoms with Gasteiger partial charge < -0.3 is 64.4 Å². The number of benzene rings is 1. The molecule has 8 rings (SSSR count). The fraction of sp³-hybridized carbons (Fsp3) is 0.419. The predicted molar refractivity (Wildman–Crippen MR) is 212 cm³/mol. The zero-order valence-electron chi connectivity index (χ0n) is 33.3. The van der Waals surface area contributed by atoms with Gasteiger partial charge in [-0.15, -0.1) is 0 Å². The molecule has 6 N–H and O–H groups in total. The first-order chi connectivity index (χ1) is 28.4. The van der Waals surface area contributed by atoms with E-state index < -0.39 is 96.3 Å². The van der Waals surface area contributed by atoms with Crippen molar-refractivity contribution in [3.05, 3.63) is 94.0 Å². The van der Waals surface area contributed by atoms with E-state index in [1.807, 2.05) is 0 Å². The first-order valence-electron chi connectivity index (χ1n) is 18.9. The Morgan fingerprint density at radius 2 is 1.92 bits per heavy atom. The van der Waals surface area contributed by atoms with Crippen LogP contribution in [0.5, 0.6) is 11.5 Å². The molecule has 4 bridgehead atoms. The lowest BCUT2D eigenvalue weighted by molar-refractivity contribution is -0.329. The van der Waals surface area contributed by atoms with Gasteiger partial charge in [0.05, 0.1) is 41.3 Å². The normalized spacial score (nSPS) is 33.8. The van der Waals surface area contributed by atoms with Crippen molar-refractivity contribution in [3.63, 3.8) is 0 Å². The molecule has 2 saturated heterocycles. The van der Waals surface area contributed by atoms with Gasteiger partial charge in [0.15, 0.2) is 41.4 Å². The van der Waals surface area contributed by atoms with Crippen LogP contribution in [0.15, 0.2) is 83.4 Å². The van der Waals surface area contributed by atoms with Gasteiger partial charge in [0.2, 0.25) is 0 Å². The quantitative estimate of drug-likeness (QED) is 0.156. The number of methoxy groups -OCH3 is 1. The van der Waals surface area contributed by atoms with E-state index in [0.29, 0.717) is 0 Å². The summed E-state index contributed by atoms with van der Waals surface area (Å²) in [6.45, 7) is 6.56. The third-order valence-corrected chi connectivity index (χ3v) is 11.1. The molecule has 7 aliphatic rings. The number of phenols is 1. The van der Waals surface area contributed by atoms with E-state index in [1.54, 1.807) is 57.1 Å². The van der Waals surface area contributed by atoms with Crippen LogP contribution >= 0.6 is 11.6 Å². The Labute approximate surface area is 350 Å². The smallest absolute Gasteiger partial charge is 0.337 e. The molecule has 0 saturated carbocycles. The lowest BCUT2D eigenvalue weighted by Crippen LogP contribution is -2.68. The molecule has 0 spiro atoms. The maximum atomic E-state index is 14.1. The van der Waals surface area contributed by atoms with Gasteiger partial charge in [-0.3, -0.25) is 9.59 Å². The summed E-state index contributed by atoms with van der Waals surface area (Å²) in [5.41, 5.74) is 4.04. The number of hydrogen-bond acceptors (Lipinski definition) is 15. The number of nitrogens with two attached hydrogens (primary N) is 1. The average Bonchev–Trinajstić information content (AvgIpc) is 3.60. The minimum Gasteiger partial charge on any atom is -0.504 e. The summed E-state index contributed by atoms with van der Waals surface area (Å²) in [4.78, 5) is 41.7. The minimum atomic E-state index is -1.79. The maximum Gasteiger partial charge on any atom is 0.337 e. The van der Waals surface area contributed by atoms with Crippen LogP contribution in [0.2, 0.25) is 5.02 Å². The Morgan fingerprint density at radius 3 is 2.63 bits per heavy atom. The highest BCUT2D eigenvalue weighted by Gasteiger charge is 2.55. The number of carbonyl (C=O) groups excluding carboxylic acids is 3. The van der Waals surface area contributed by atoms with Gasteiger partial charge in [-0.05, 0) is 69.8 Å². The first-order valence-corrected chi connectivity index (χ1v) is 19.3. The second kappa shape index (κ2) is 16.5. The van der Waals surface area contributed by atoms with Crippen LogP contribution < -0.4 is 15.8 Å². The Balaban J connectivity index is 1.32. The number of aliphatic hydroxyl groups is 2. The van der Waals surface area contributed by atoms with Gasteiger partial charge in [0, 0.05) is 23.8 Å². The maximum absolute atomic E-state index is 14.1. The summed E-state index contributed by atoms with van der Waals surface area (Å²) in [6.07, 6.45) is 0.719. The van der Waals surface area contributed by atoms with Crippen molar-refractivity contribution >= 4 is 29.4 Å². The molecule has 4 aliphatic heterocycles. The Morgan fingerprint density at radius 1 is 1.15 bits per heavy atom. The van der Waals surface area contributed by atoms with Crippen molar-refractivity contribution in [1.29, 1.82) is 0 Å². The summed E-state index contributed by atoms with van der Waals surface area (Å²) in [6, 6.07) is 0.0751. The van der Waals surface area contributed by atoms with E-state index in [9.17, 15) is 29.7 Å². The molecular weight excluding hydrogens is 802 g/mol. The van der Waals surface area contributed by atoms with Gasteiger partial charge in [0.25, 0.3) is 5.91 Å². The number of phenolic OH excluding ortho intramolecular Hbond substituents is 1. The zero-order valence-corrected chi connectivity index (χ0v) is 34.0. The van der Waals surface area contributed by atoms with Crippen LogP contribution in [0.4, 0.5) is 0 Å². The monoisotopic (exact) mass is 845 g/mol. The standard InChI is InChI=1S/C43H44ClN3O13/c1-21-39(52)46-34-26(17-25(54-6)18-30(34)56-21)40(53)57-31-20-55-33(49)19-28(45)23-15-27(44)37(29(48)16-23)58-32-11-7-9-22(31)12-13-24-10-8-14-43(24,32)60-41-36(51)35(50)38(47(4)5)42(2,3)59-41/h8-10,14-18,28,30-32,34-36,38,41,48,50-51H,1,19-20,45H2,2-6H3,(H,46,52)/b22-9+/t28-,30?,31-,32-,34?,35?,36?,38?,41?,43-/m1/s1. The molecule has 3 aliphatic carbocycles. The van der Waals surface area contributed by atoms with Gasteiger partial charge in [-0.1, -0.05) is 42.0 Å². The first kappa shape index (κ1) is 42.6. The highest BCUT2D eigenvalue weighted by Crippen LogP contribution is 2.44. The van der Waals surface area contributed by atoms with Crippen LogP contribution in [-0.2, 0) is 42.8 Å². The molecule has 0 aromatic heterocycles. The summed E-state index contributed by atoms with van der Waals surface area (Å²) in [7, 11) is 4.90. The number of amides is 1. The molecule has 1 aromatic carbocycles.